The predicted molar refractivity (Wildman–Crippen MR) is 62.4 cm³/mol. The molecule has 0 fully saturated rings. The molecule has 0 aliphatic rings. The molecular formula is C4H9N3OS4. The highest BCUT2D eigenvalue weighted by atomic mass is 33.1. The summed E-state index contributed by atoms with van der Waals surface area (Å²) < 4.78 is 0.421. The predicted octanol–water partition coefficient (Wildman–Crippen LogP) is 0.755. The van der Waals surface area contributed by atoms with Gasteiger partial charge in [-0.15, -0.1) is 12.6 Å². The molecule has 0 spiro atoms. The molecular weight excluding hydrogens is 234 g/mol. The zero-order chi connectivity index (χ0) is 9.40. The van der Waals surface area contributed by atoms with Gasteiger partial charge in [0.1, 0.15) is 4.32 Å². The summed E-state index contributed by atoms with van der Waals surface area (Å²) in [6.45, 7) is 1.08. The van der Waals surface area contributed by atoms with Crippen LogP contribution in [0.2, 0.25) is 0 Å². The summed E-state index contributed by atoms with van der Waals surface area (Å²) >= 11 is 8.48. The SMILES string of the molecule is NSSC(=O)NCCNC(=S)S. The zero-order valence-corrected chi connectivity index (χ0v) is 9.42. The van der Waals surface area contributed by atoms with Crippen LogP contribution in [-0.2, 0) is 0 Å². The minimum atomic E-state index is -0.158. The smallest absolute Gasteiger partial charge is 0.290 e. The second-order valence-electron chi connectivity index (χ2n) is 1.63. The molecule has 4 nitrogen and oxygen atoms in total. The Morgan fingerprint density at radius 3 is 2.58 bits per heavy atom. The maximum atomic E-state index is 10.8. The van der Waals surface area contributed by atoms with Crippen molar-refractivity contribution in [2.24, 2.45) is 5.14 Å². The monoisotopic (exact) mass is 243 g/mol. The van der Waals surface area contributed by atoms with Crippen molar-refractivity contribution in [1.29, 1.82) is 0 Å². The minimum Gasteiger partial charge on any atom is -0.369 e. The molecule has 0 saturated heterocycles. The summed E-state index contributed by atoms with van der Waals surface area (Å²) in [5.41, 5.74) is 0. The number of carbonyl (C=O) groups is 1. The fourth-order valence-electron chi connectivity index (χ4n) is 0.407. The van der Waals surface area contributed by atoms with Crippen LogP contribution in [0.5, 0.6) is 0 Å². The van der Waals surface area contributed by atoms with E-state index >= 15 is 0 Å². The first-order valence-electron chi connectivity index (χ1n) is 2.95. The number of nitrogens with one attached hydrogen (secondary N) is 2. The van der Waals surface area contributed by atoms with Gasteiger partial charge in [0.05, 0.1) is 0 Å². The van der Waals surface area contributed by atoms with Crippen LogP contribution in [0.3, 0.4) is 0 Å². The van der Waals surface area contributed by atoms with E-state index in [0.717, 1.165) is 21.8 Å². The van der Waals surface area contributed by atoms with Gasteiger partial charge in [-0.3, -0.25) is 9.93 Å². The van der Waals surface area contributed by atoms with Crippen molar-refractivity contribution in [3.05, 3.63) is 0 Å². The molecule has 8 heteroatoms. The van der Waals surface area contributed by atoms with Crippen LogP contribution in [-0.4, -0.2) is 22.6 Å². The number of rotatable bonds is 4. The van der Waals surface area contributed by atoms with Crippen molar-refractivity contribution in [1.82, 2.24) is 10.6 Å². The molecule has 0 aliphatic carbocycles. The summed E-state index contributed by atoms with van der Waals surface area (Å²) in [7, 11) is 1.87. The van der Waals surface area contributed by atoms with Gasteiger partial charge in [-0.05, 0) is 11.0 Å². The Morgan fingerprint density at radius 2 is 2.08 bits per heavy atom. The van der Waals surface area contributed by atoms with Crippen LogP contribution in [0.15, 0.2) is 0 Å². The van der Waals surface area contributed by atoms with Gasteiger partial charge in [0.25, 0.3) is 5.24 Å². The van der Waals surface area contributed by atoms with Crippen molar-refractivity contribution in [2.45, 2.75) is 0 Å². The molecule has 0 aromatic rings. The molecule has 12 heavy (non-hydrogen) atoms. The maximum Gasteiger partial charge on any atom is 0.290 e. The Morgan fingerprint density at radius 1 is 1.50 bits per heavy atom. The Balaban J connectivity index is 3.19. The highest BCUT2D eigenvalue weighted by Gasteiger charge is 1.98. The van der Waals surface area contributed by atoms with E-state index in [1.165, 1.54) is 0 Å². The quantitative estimate of drug-likeness (QED) is 0.192. The molecule has 0 bridgehead atoms. The van der Waals surface area contributed by atoms with E-state index in [4.69, 9.17) is 5.14 Å². The number of hydrogen-bond donors (Lipinski definition) is 4. The van der Waals surface area contributed by atoms with E-state index in [0.29, 0.717) is 17.4 Å². The van der Waals surface area contributed by atoms with Crippen LogP contribution in [0.25, 0.3) is 0 Å². The van der Waals surface area contributed by atoms with Crippen LogP contribution < -0.4 is 15.8 Å². The lowest BCUT2D eigenvalue weighted by Gasteiger charge is -2.03. The lowest BCUT2D eigenvalue weighted by Crippen LogP contribution is -2.30. The third-order valence-electron chi connectivity index (χ3n) is 0.794. The topological polar surface area (TPSA) is 67.2 Å². The Labute approximate surface area is 89.7 Å². The summed E-state index contributed by atoms with van der Waals surface area (Å²) in [6, 6.07) is 0. The number of thiol groups is 1. The van der Waals surface area contributed by atoms with E-state index in [1.807, 2.05) is 0 Å². The van der Waals surface area contributed by atoms with Gasteiger partial charge in [-0.2, -0.15) is 0 Å². The molecule has 0 aliphatic heterocycles. The minimum absolute atomic E-state index is 0.158. The molecule has 70 valence electrons. The molecule has 1 amide bonds. The van der Waals surface area contributed by atoms with Crippen molar-refractivity contribution in [3.8, 4) is 0 Å². The number of amides is 1. The average Bonchev–Trinajstić information content (AvgIpc) is 1.98. The van der Waals surface area contributed by atoms with E-state index in [-0.39, 0.29) is 5.24 Å². The highest BCUT2D eigenvalue weighted by Crippen LogP contribution is 2.12. The number of nitrogens with two attached hydrogens (primary N) is 1. The van der Waals surface area contributed by atoms with E-state index < -0.39 is 0 Å². The summed E-state index contributed by atoms with van der Waals surface area (Å²) in [4.78, 5) is 10.8. The third-order valence-corrected chi connectivity index (χ3v) is 2.23. The summed E-state index contributed by atoms with van der Waals surface area (Å²) in [5.74, 6) is 0. The molecule has 0 aromatic heterocycles. The second kappa shape index (κ2) is 7.99. The van der Waals surface area contributed by atoms with Crippen LogP contribution in [0.4, 0.5) is 4.79 Å². The third kappa shape index (κ3) is 8.47. The van der Waals surface area contributed by atoms with Crippen LogP contribution >= 0.6 is 46.6 Å². The summed E-state index contributed by atoms with van der Waals surface area (Å²) in [5, 5.41) is 10.3. The Kier molecular flexibility index (Phi) is 8.24. The number of thiocarbonyl (C=S) groups is 1. The molecule has 0 radical (unpaired) electrons. The lowest BCUT2D eigenvalue weighted by molar-refractivity contribution is 0.261. The molecule has 0 heterocycles. The Bertz CT molecular complexity index is 164. The molecule has 0 saturated carbocycles. The normalized spacial score (nSPS) is 9.17. The molecule has 0 atom stereocenters. The standard InChI is InChI=1S/C4H9N3OS4/c5-12-11-3(8)6-1-2-7-4(9)10/h1-2,5H2,(H,6,8)(H2,7,9,10). The number of carbonyl (C=O) groups excluding carboxylic acids is 1. The highest BCUT2D eigenvalue weighted by molar-refractivity contribution is 8.81. The lowest BCUT2D eigenvalue weighted by atomic mass is 10.6. The van der Waals surface area contributed by atoms with Crippen molar-refractivity contribution in [3.63, 3.8) is 0 Å². The fourth-order valence-corrected chi connectivity index (χ4v) is 1.31. The zero-order valence-electron chi connectivity index (χ0n) is 6.07. The van der Waals surface area contributed by atoms with Gasteiger partial charge in [0, 0.05) is 23.9 Å². The molecule has 0 aromatic carbocycles. The van der Waals surface area contributed by atoms with E-state index in [2.05, 4.69) is 35.5 Å². The molecule has 0 rings (SSSR count). The van der Waals surface area contributed by atoms with E-state index in [9.17, 15) is 4.79 Å². The Hall–Kier alpha value is 0.370. The van der Waals surface area contributed by atoms with Gasteiger partial charge in [0.15, 0.2) is 0 Å². The second-order valence-corrected chi connectivity index (χ2v) is 4.59. The van der Waals surface area contributed by atoms with Gasteiger partial charge >= 0.3 is 0 Å². The van der Waals surface area contributed by atoms with E-state index in [1.54, 1.807) is 0 Å². The largest absolute Gasteiger partial charge is 0.369 e. The van der Waals surface area contributed by atoms with Crippen LogP contribution in [0.1, 0.15) is 0 Å². The van der Waals surface area contributed by atoms with Gasteiger partial charge in [-0.25, -0.2) is 0 Å². The van der Waals surface area contributed by atoms with Crippen LogP contribution in [0, 0.1) is 0 Å². The summed E-state index contributed by atoms with van der Waals surface area (Å²) in [6.07, 6.45) is 0. The maximum absolute atomic E-state index is 10.8. The number of hydrogen-bond acceptors (Lipinski definition) is 5. The van der Waals surface area contributed by atoms with Gasteiger partial charge in [0.2, 0.25) is 0 Å². The van der Waals surface area contributed by atoms with Crippen molar-refractivity contribution in [2.75, 3.05) is 13.1 Å². The molecule has 0 unspecified atom stereocenters. The van der Waals surface area contributed by atoms with Gasteiger partial charge in [-0.1, -0.05) is 12.2 Å². The van der Waals surface area contributed by atoms with Gasteiger partial charge < -0.3 is 10.6 Å². The first kappa shape index (κ1) is 12.4. The fraction of sp³-hybridized carbons (Fsp3) is 0.500. The molecule has 4 N–H and O–H groups in total. The first-order valence-corrected chi connectivity index (χ1v) is 6.01. The van der Waals surface area contributed by atoms with Crippen molar-refractivity contribution >= 4 is 56.2 Å². The average molecular weight is 243 g/mol. The first-order chi connectivity index (χ1) is 5.66. The van der Waals surface area contributed by atoms with Crippen molar-refractivity contribution < 1.29 is 4.79 Å².